The third-order valence-corrected chi connectivity index (χ3v) is 2.62. The summed E-state index contributed by atoms with van der Waals surface area (Å²) in [6.07, 6.45) is 6.25. The van der Waals surface area contributed by atoms with Crippen LogP contribution in [0.3, 0.4) is 0 Å². The van der Waals surface area contributed by atoms with Gasteiger partial charge in [0, 0.05) is 18.8 Å². The number of aliphatic hydroxyl groups excluding tert-OH is 1. The highest BCUT2D eigenvalue weighted by Gasteiger charge is 2.08. The molecule has 0 aromatic heterocycles. The molecule has 1 N–H and O–H groups in total. The van der Waals surface area contributed by atoms with Gasteiger partial charge in [0.1, 0.15) is 0 Å². The molecule has 2 nitrogen and oxygen atoms in total. The van der Waals surface area contributed by atoms with Gasteiger partial charge in [0.25, 0.3) is 0 Å². The third kappa shape index (κ3) is 3.54. The topological polar surface area (TPSA) is 23.5 Å². The smallest absolute Gasteiger partial charge is 0.0528 e. The van der Waals surface area contributed by atoms with Crippen LogP contribution in [-0.2, 0) is 0 Å². The van der Waals surface area contributed by atoms with Crippen LogP contribution in [0.4, 0.5) is 0 Å². The average molecular weight is 195 g/mol. The van der Waals surface area contributed by atoms with E-state index in [4.69, 9.17) is 0 Å². The van der Waals surface area contributed by atoms with Crippen molar-refractivity contribution in [1.82, 2.24) is 4.90 Å². The lowest BCUT2D eigenvalue weighted by molar-refractivity contribution is 0.167. The monoisotopic (exact) mass is 195 g/mol. The van der Waals surface area contributed by atoms with E-state index in [1.165, 1.54) is 11.3 Å². The van der Waals surface area contributed by atoms with Crippen LogP contribution in [0.2, 0.25) is 0 Å². The second-order valence-electron chi connectivity index (χ2n) is 4.15. The Hall–Kier alpha value is -0.760. The van der Waals surface area contributed by atoms with Gasteiger partial charge in [-0.3, -0.25) is 0 Å². The van der Waals surface area contributed by atoms with Gasteiger partial charge in [0.2, 0.25) is 0 Å². The number of allylic oxidation sites excluding steroid dienone is 3. The van der Waals surface area contributed by atoms with Crippen molar-refractivity contribution in [3.63, 3.8) is 0 Å². The largest absolute Gasteiger partial charge is 0.393 e. The summed E-state index contributed by atoms with van der Waals surface area (Å²) in [5.74, 6) is 0. The number of aliphatic hydroxyl groups is 1. The summed E-state index contributed by atoms with van der Waals surface area (Å²) in [4.78, 5) is 2.35. The SMILES string of the molecule is CC1=CCCN(CC[C@@H](C)O)C(C)=C1. The molecule has 1 atom stereocenters. The predicted molar refractivity (Wildman–Crippen MR) is 60.0 cm³/mol. The van der Waals surface area contributed by atoms with Gasteiger partial charge in [-0.15, -0.1) is 0 Å². The van der Waals surface area contributed by atoms with Crippen LogP contribution in [-0.4, -0.2) is 29.2 Å². The highest BCUT2D eigenvalue weighted by Crippen LogP contribution is 2.14. The quantitative estimate of drug-likeness (QED) is 0.747. The Morgan fingerprint density at radius 3 is 2.86 bits per heavy atom. The fraction of sp³-hybridized carbons (Fsp3) is 0.667. The first-order chi connectivity index (χ1) is 6.59. The van der Waals surface area contributed by atoms with E-state index in [2.05, 4.69) is 30.9 Å². The molecule has 14 heavy (non-hydrogen) atoms. The van der Waals surface area contributed by atoms with Crippen LogP contribution in [0.15, 0.2) is 23.4 Å². The van der Waals surface area contributed by atoms with Crippen molar-refractivity contribution >= 4 is 0 Å². The lowest BCUT2D eigenvalue weighted by Gasteiger charge is -2.24. The molecule has 1 rings (SSSR count). The molecular formula is C12H21NO. The maximum atomic E-state index is 9.23. The van der Waals surface area contributed by atoms with E-state index in [0.717, 1.165) is 25.9 Å². The zero-order valence-corrected chi connectivity index (χ0v) is 9.45. The first-order valence-corrected chi connectivity index (χ1v) is 5.37. The molecule has 0 radical (unpaired) electrons. The second-order valence-corrected chi connectivity index (χ2v) is 4.15. The van der Waals surface area contributed by atoms with Crippen molar-refractivity contribution in [2.75, 3.05) is 13.1 Å². The molecule has 0 aliphatic carbocycles. The normalized spacial score (nSPS) is 19.9. The summed E-state index contributed by atoms with van der Waals surface area (Å²) in [7, 11) is 0. The van der Waals surface area contributed by atoms with Gasteiger partial charge in [0.15, 0.2) is 0 Å². The van der Waals surface area contributed by atoms with Crippen LogP contribution in [0.25, 0.3) is 0 Å². The van der Waals surface area contributed by atoms with Crippen molar-refractivity contribution in [3.05, 3.63) is 23.4 Å². The summed E-state index contributed by atoms with van der Waals surface area (Å²) >= 11 is 0. The van der Waals surface area contributed by atoms with E-state index in [1.807, 2.05) is 6.92 Å². The summed E-state index contributed by atoms with van der Waals surface area (Å²) < 4.78 is 0. The first-order valence-electron chi connectivity index (χ1n) is 5.37. The molecule has 0 aromatic rings. The Kier molecular flexibility index (Phi) is 4.21. The molecule has 2 heteroatoms. The van der Waals surface area contributed by atoms with Crippen LogP contribution < -0.4 is 0 Å². The van der Waals surface area contributed by atoms with E-state index in [0.29, 0.717) is 0 Å². The van der Waals surface area contributed by atoms with Gasteiger partial charge in [-0.25, -0.2) is 0 Å². The lowest BCUT2D eigenvalue weighted by Crippen LogP contribution is -2.25. The number of nitrogens with zero attached hydrogens (tertiary/aromatic N) is 1. The first kappa shape index (κ1) is 11.3. The minimum absolute atomic E-state index is 0.194. The minimum atomic E-state index is -0.194. The Labute approximate surface area is 86.9 Å². The molecule has 0 aromatic carbocycles. The lowest BCUT2D eigenvalue weighted by atomic mass is 10.2. The van der Waals surface area contributed by atoms with Gasteiger partial charge in [-0.2, -0.15) is 0 Å². The number of hydrogen-bond acceptors (Lipinski definition) is 2. The van der Waals surface area contributed by atoms with E-state index < -0.39 is 0 Å². The molecule has 0 unspecified atom stereocenters. The molecule has 0 spiro atoms. The summed E-state index contributed by atoms with van der Waals surface area (Å²) in [5.41, 5.74) is 2.67. The summed E-state index contributed by atoms with van der Waals surface area (Å²) in [6, 6.07) is 0. The predicted octanol–water partition coefficient (Wildman–Crippen LogP) is 2.31. The molecule has 0 saturated heterocycles. The Balaban J connectivity index is 2.50. The summed E-state index contributed by atoms with van der Waals surface area (Å²) in [5, 5.41) is 9.23. The van der Waals surface area contributed by atoms with Crippen molar-refractivity contribution < 1.29 is 5.11 Å². The zero-order chi connectivity index (χ0) is 10.6. The van der Waals surface area contributed by atoms with Crippen LogP contribution >= 0.6 is 0 Å². The molecule has 0 amide bonds. The number of hydrogen-bond donors (Lipinski definition) is 1. The summed E-state index contributed by atoms with van der Waals surface area (Å²) in [6.45, 7) is 8.17. The Bertz CT molecular complexity index is 241. The Morgan fingerprint density at radius 1 is 1.50 bits per heavy atom. The minimum Gasteiger partial charge on any atom is -0.393 e. The molecule has 0 bridgehead atoms. The van der Waals surface area contributed by atoms with Gasteiger partial charge < -0.3 is 10.0 Å². The molecule has 1 aliphatic heterocycles. The number of rotatable bonds is 3. The molecule has 80 valence electrons. The fourth-order valence-corrected chi connectivity index (χ4v) is 1.73. The van der Waals surface area contributed by atoms with E-state index in [9.17, 15) is 5.11 Å². The molecule has 1 aliphatic rings. The van der Waals surface area contributed by atoms with Gasteiger partial charge >= 0.3 is 0 Å². The molecular weight excluding hydrogens is 174 g/mol. The van der Waals surface area contributed by atoms with Gasteiger partial charge in [-0.05, 0) is 39.7 Å². The van der Waals surface area contributed by atoms with Crippen molar-refractivity contribution in [3.8, 4) is 0 Å². The highest BCUT2D eigenvalue weighted by molar-refractivity contribution is 5.22. The average Bonchev–Trinajstić information content (AvgIpc) is 2.23. The molecule has 1 heterocycles. The van der Waals surface area contributed by atoms with E-state index in [1.54, 1.807) is 0 Å². The molecule has 0 fully saturated rings. The maximum Gasteiger partial charge on any atom is 0.0528 e. The highest BCUT2D eigenvalue weighted by atomic mass is 16.3. The van der Waals surface area contributed by atoms with Crippen molar-refractivity contribution in [1.29, 1.82) is 0 Å². The second kappa shape index (κ2) is 5.20. The zero-order valence-electron chi connectivity index (χ0n) is 9.45. The maximum absolute atomic E-state index is 9.23. The third-order valence-electron chi connectivity index (χ3n) is 2.62. The van der Waals surface area contributed by atoms with E-state index >= 15 is 0 Å². The van der Waals surface area contributed by atoms with Crippen LogP contribution in [0.5, 0.6) is 0 Å². The van der Waals surface area contributed by atoms with Crippen LogP contribution in [0.1, 0.15) is 33.6 Å². The van der Waals surface area contributed by atoms with E-state index in [-0.39, 0.29) is 6.10 Å². The van der Waals surface area contributed by atoms with Crippen molar-refractivity contribution in [2.45, 2.75) is 39.7 Å². The molecule has 0 saturated carbocycles. The van der Waals surface area contributed by atoms with Crippen molar-refractivity contribution in [2.24, 2.45) is 0 Å². The van der Waals surface area contributed by atoms with Gasteiger partial charge in [-0.1, -0.05) is 11.6 Å². The fourth-order valence-electron chi connectivity index (χ4n) is 1.73. The van der Waals surface area contributed by atoms with Crippen LogP contribution in [0, 0.1) is 0 Å². The Morgan fingerprint density at radius 2 is 2.21 bits per heavy atom. The standard InChI is InChI=1S/C12H21NO/c1-10-5-4-7-13(11(2)9-10)8-6-12(3)14/h5,9,12,14H,4,6-8H2,1-3H3/t12-/m1/s1. The van der Waals surface area contributed by atoms with Gasteiger partial charge in [0.05, 0.1) is 6.10 Å².